The zero-order valence-corrected chi connectivity index (χ0v) is 10.5. The van der Waals surface area contributed by atoms with E-state index < -0.39 is 18.5 Å². The molecular weight excluding hydrogens is 237 g/mol. The molecule has 0 saturated carbocycles. The first-order chi connectivity index (χ1) is 8.69. The topological polar surface area (TPSA) is 61.7 Å². The second kappa shape index (κ2) is 8.02. The molecule has 1 rings (SSSR count). The predicted octanol–water partition coefficient (Wildman–Crippen LogP) is 1.06. The van der Waals surface area contributed by atoms with Gasteiger partial charge in [-0.15, -0.1) is 0 Å². The van der Waals surface area contributed by atoms with Crippen LogP contribution in [-0.4, -0.2) is 36.1 Å². The van der Waals surface area contributed by atoms with Crippen LogP contribution in [0.25, 0.3) is 0 Å². The number of halogens is 1. The van der Waals surface area contributed by atoms with Gasteiger partial charge in [0, 0.05) is 12.1 Å². The molecule has 0 aromatic heterocycles. The number of para-hydroxylation sites is 1. The van der Waals surface area contributed by atoms with Crippen LogP contribution in [0.15, 0.2) is 18.2 Å². The molecule has 4 nitrogen and oxygen atoms in total. The molecule has 0 bridgehead atoms. The Hall–Kier alpha value is -1.17. The number of aliphatic hydroxyl groups is 2. The first kappa shape index (κ1) is 14.9. The first-order valence-electron chi connectivity index (χ1n) is 6.08. The van der Waals surface area contributed by atoms with Crippen LogP contribution in [0.1, 0.15) is 18.9 Å². The van der Waals surface area contributed by atoms with Gasteiger partial charge in [0.05, 0.1) is 6.61 Å². The van der Waals surface area contributed by atoms with E-state index in [1.807, 2.05) is 6.92 Å². The lowest BCUT2D eigenvalue weighted by atomic mass is 10.2. The third-order valence-corrected chi connectivity index (χ3v) is 2.42. The summed E-state index contributed by atoms with van der Waals surface area (Å²) in [6, 6.07) is 4.70. The Morgan fingerprint density at radius 1 is 1.44 bits per heavy atom. The molecule has 0 aliphatic carbocycles. The number of hydrogen-bond acceptors (Lipinski definition) is 4. The van der Waals surface area contributed by atoms with Crippen LogP contribution in [0.2, 0.25) is 0 Å². The third-order valence-electron chi connectivity index (χ3n) is 2.42. The highest BCUT2D eigenvalue weighted by molar-refractivity contribution is 5.34. The highest BCUT2D eigenvalue weighted by atomic mass is 19.1. The van der Waals surface area contributed by atoms with Crippen molar-refractivity contribution in [2.45, 2.75) is 26.0 Å². The van der Waals surface area contributed by atoms with Crippen LogP contribution in [0.4, 0.5) is 4.39 Å². The lowest BCUT2D eigenvalue weighted by Crippen LogP contribution is -2.22. The number of aliphatic hydroxyl groups excluding tert-OH is 2. The van der Waals surface area contributed by atoms with Crippen molar-refractivity contribution in [3.8, 4) is 5.75 Å². The van der Waals surface area contributed by atoms with Crippen LogP contribution in [0.5, 0.6) is 5.75 Å². The minimum absolute atomic E-state index is 0.127. The van der Waals surface area contributed by atoms with Gasteiger partial charge in [-0.1, -0.05) is 19.1 Å². The number of nitrogens with one attached hydrogen (secondary N) is 1. The van der Waals surface area contributed by atoms with Crippen LogP contribution in [0, 0.1) is 5.82 Å². The molecule has 0 amide bonds. The van der Waals surface area contributed by atoms with Gasteiger partial charge >= 0.3 is 0 Å². The van der Waals surface area contributed by atoms with Gasteiger partial charge in [0.15, 0.2) is 11.6 Å². The molecule has 0 aliphatic heterocycles. The van der Waals surface area contributed by atoms with E-state index in [0.717, 1.165) is 13.0 Å². The van der Waals surface area contributed by atoms with E-state index in [2.05, 4.69) is 5.32 Å². The maximum absolute atomic E-state index is 13.6. The molecule has 0 spiro atoms. The normalized spacial score (nSPS) is 12.4. The van der Waals surface area contributed by atoms with Gasteiger partial charge in [-0.25, -0.2) is 4.39 Å². The summed E-state index contributed by atoms with van der Waals surface area (Å²) in [4.78, 5) is 0. The van der Waals surface area contributed by atoms with E-state index in [9.17, 15) is 9.50 Å². The highest BCUT2D eigenvalue weighted by Crippen LogP contribution is 2.22. The van der Waals surface area contributed by atoms with E-state index >= 15 is 0 Å². The van der Waals surface area contributed by atoms with Crippen LogP contribution in [0.3, 0.4) is 0 Å². The van der Waals surface area contributed by atoms with Crippen LogP contribution >= 0.6 is 0 Å². The molecule has 0 heterocycles. The van der Waals surface area contributed by atoms with Gasteiger partial charge in [0.2, 0.25) is 0 Å². The summed E-state index contributed by atoms with van der Waals surface area (Å²) in [6.07, 6.45) is -0.00425. The summed E-state index contributed by atoms with van der Waals surface area (Å²) in [6.45, 7) is 2.87. The number of rotatable bonds is 8. The Kier molecular flexibility index (Phi) is 6.64. The maximum atomic E-state index is 13.6. The Labute approximate surface area is 106 Å². The molecule has 0 radical (unpaired) electrons. The highest BCUT2D eigenvalue weighted by Gasteiger charge is 2.11. The molecular formula is C13H20FNO3. The molecule has 3 N–H and O–H groups in total. The molecule has 5 heteroatoms. The van der Waals surface area contributed by atoms with Crippen molar-refractivity contribution in [2.75, 3.05) is 19.8 Å². The van der Waals surface area contributed by atoms with Gasteiger partial charge in [-0.2, -0.15) is 0 Å². The lowest BCUT2D eigenvalue weighted by molar-refractivity contribution is 0.0519. The van der Waals surface area contributed by atoms with Crippen molar-refractivity contribution in [3.05, 3.63) is 29.6 Å². The van der Waals surface area contributed by atoms with E-state index in [1.165, 1.54) is 6.07 Å². The monoisotopic (exact) mass is 257 g/mol. The fraction of sp³-hybridized carbons (Fsp3) is 0.538. The minimum Gasteiger partial charge on any atom is -0.487 e. The molecule has 1 atom stereocenters. The largest absolute Gasteiger partial charge is 0.487 e. The van der Waals surface area contributed by atoms with Gasteiger partial charge in [-0.3, -0.25) is 0 Å². The number of benzene rings is 1. The Morgan fingerprint density at radius 2 is 2.22 bits per heavy atom. The maximum Gasteiger partial charge on any atom is 0.165 e. The van der Waals surface area contributed by atoms with Crippen molar-refractivity contribution < 1.29 is 19.3 Å². The minimum atomic E-state index is -0.999. The zero-order valence-electron chi connectivity index (χ0n) is 10.5. The van der Waals surface area contributed by atoms with E-state index in [1.54, 1.807) is 12.1 Å². The summed E-state index contributed by atoms with van der Waals surface area (Å²) >= 11 is 0. The molecule has 102 valence electrons. The second-order valence-corrected chi connectivity index (χ2v) is 4.05. The van der Waals surface area contributed by atoms with E-state index in [4.69, 9.17) is 9.84 Å². The van der Waals surface area contributed by atoms with Crippen LogP contribution in [-0.2, 0) is 6.54 Å². The Morgan fingerprint density at radius 3 is 2.89 bits per heavy atom. The average Bonchev–Trinajstić information content (AvgIpc) is 2.38. The quantitative estimate of drug-likeness (QED) is 0.609. The smallest absolute Gasteiger partial charge is 0.165 e. The molecule has 0 saturated heterocycles. The second-order valence-electron chi connectivity index (χ2n) is 4.05. The summed E-state index contributed by atoms with van der Waals surface area (Å²) in [5.74, 6) is -0.329. The molecule has 1 aromatic rings. The summed E-state index contributed by atoms with van der Waals surface area (Å²) < 4.78 is 18.8. The van der Waals surface area contributed by atoms with Crippen molar-refractivity contribution >= 4 is 0 Å². The molecule has 0 aliphatic rings. The van der Waals surface area contributed by atoms with Gasteiger partial charge in [0.25, 0.3) is 0 Å². The van der Waals surface area contributed by atoms with Crippen molar-refractivity contribution in [2.24, 2.45) is 0 Å². The average molecular weight is 257 g/mol. The molecule has 1 aromatic carbocycles. The van der Waals surface area contributed by atoms with Crippen molar-refractivity contribution in [3.63, 3.8) is 0 Å². The zero-order chi connectivity index (χ0) is 13.4. The standard InChI is InChI=1S/C13H20FNO3/c1-2-6-15-7-10-4-3-5-12(14)13(10)18-9-11(17)8-16/h3-5,11,15-17H,2,6-9H2,1H3. The number of ether oxygens (including phenoxy) is 1. The lowest BCUT2D eigenvalue weighted by Gasteiger charge is -2.14. The summed E-state index contributed by atoms with van der Waals surface area (Å²) in [5.41, 5.74) is 0.702. The fourth-order valence-corrected chi connectivity index (χ4v) is 1.49. The predicted molar refractivity (Wildman–Crippen MR) is 67.0 cm³/mol. The summed E-state index contributed by atoms with van der Waals surface area (Å²) in [7, 11) is 0. The number of hydrogen-bond donors (Lipinski definition) is 3. The van der Waals surface area contributed by atoms with Gasteiger partial charge in [0.1, 0.15) is 12.7 Å². The Bertz CT molecular complexity index is 360. The van der Waals surface area contributed by atoms with Gasteiger partial charge in [-0.05, 0) is 19.0 Å². The van der Waals surface area contributed by atoms with Gasteiger partial charge < -0.3 is 20.3 Å². The molecule has 18 heavy (non-hydrogen) atoms. The molecule has 0 fully saturated rings. The SMILES string of the molecule is CCCNCc1cccc(F)c1OCC(O)CO. The third kappa shape index (κ3) is 4.60. The van der Waals surface area contributed by atoms with E-state index in [-0.39, 0.29) is 12.4 Å². The summed E-state index contributed by atoms with van der Waals surface area (Å²) in [5, 5.41) is 21.1. The van der Waals surface area contributed by atoms with Crippen molar-refractivity contribution in [1.29, 1.82) is 0 Å². The van der Waals surface area contributed by atoms with E-state index in [0.29, 0.717) is 12.1 Å². The molecule has 1 unspecified atom stereocenters. The first-order valence-corrected chi connectivity index (χ1v) is 6.08. The Balaban J connectivity index is 2.67. The van der Waals surface area contributed by atoms with Crippen molar-refractivity contribution in [1.82, 2.24) is 5.32 Å². The van der Waals surface area contributed by atoms with Crippen LogP contribution < -0.4 is 10.1 Å². The fourth-order valence-electron chi connectivity index (χ4n) is 1.49.